The number of carboxylic acids is 2. The van der Waals surface area contributed by atoms with Crippen LogP contribution in [0.15, 0.2) is 41.8 Å². The summed E-state index contributed by atoms with van der Waals surface area (Å²) >= 11 is 7.74. The molecule has 0 bridgehead atoms. The fraction of sp³-hybridized carbons (Fsp3) is 0.400. The Morgan fingerprint density at radius 3 is 2.37 bits per heavy atom. The van der Waals surface area contributed by atoms with Gasteiger partial charge < -0.3 is 25.0 Å². The Kier molecular flexibility index (Phi) is 10.0. The Morgan fingerprint density at radius 2 is 1.80 bits per heavy atom. The summed E-state index contributed by atoms with van der Waals surface area (Å²) in [6.45, 7) is 5.40. The molecule has 8 nitrogen and oxygen atoms in total. The normalized spacial score (nSPS) is 15.2. The molecule has 1 saturated heterocycles. The van der Waals surface area contributed by atoms with E-state index in [-0.39, 0.29) is 0 Å². The molecule has 1 aliphatic heterocycles. The van der Waals surface area contributed by atoms with Crippen LogP contribution in [0, 0.1) is 0 Å². The van der Waals surface area contributed by atoms with Crippen molar-refractivity contribution in [2.45, 2.75) is 12.7 Å². The van der Waals surface area contributed by atoms with E-state index in [0.29, 0.717) is 19.8 Å². The largest absolute Gasteiger partial charge is 0.473 e. The van der Waals surface area contributed by atoms with Crippen LogP contribution in [0.1, 0.15) is 4.88 Å². The second-order valence-corrected chi connectivity index (χ2v) is 8.09. The lowest BCUT2D eigenvalue weighted by Crippen LogP contribution is -2.49. The monoisotopic (exact) mass is 456 g/mol. The minimum Gasteiger partial charge on any atom is -0.473 e. The summed E-state index contributed by atoms with van der Waals surface area (Å²) < 4.78 is 5.59. The average molecular weight is 457 g/mol. The third-order valence-electron chi connectivity index (χ3n) is 4.33. The van der Waals surface area contributed by atoms with Crippen molar-refractivity contribution in [1.29, 1.82) is 0 Å². The molecule has 164 valence electrons. The van der Waals surface area contributed by atoms with Crippen molar-refractivity contribution in [3.05, 3.63) is 51.7 Å². The molecular weight excluding hydrogens is 432 g/mol. The van der Waals surface area contributed by atoms with Crippen LogP contribution in [0.5, 0.6) is 0 Å². The molecule has 3 N–H and O–H groups in total. The smallest absolute Gasteiger partial charge is 0.414 e. The number of anilines is 1. The molecule has 0 radical (unpaired) electrons. The van der Waals surface area contributed by atoms with Crippen LogP contribution in [0.25, 0.3) is 0 Å². The van der Waals surface area contributed by atoms with E-state index in [4.69, 9.17) is 36.1 Å². The second-order valence-electron chi connectivity index (χ2n) is 6.63. The summed E-state index contributed by atoms with van der Waals surface area (Å²) in [6, 6.07) is 12.0. The summed E-state index contributed by atoms with van der Waals surface area (Å²) in [6.07, 6.45) is -0.442. The third-order valence-corrected chi connectivity index (χ3v) is 5.42. The minimum absolute atomic E-state index is 0.381. The third kappa shape index (κ3) is 8.68. The summed E-state index contributed by atoms with van der Waals surface area (Å²) in [4.78, 5) is 24.0. The fourth-order valence-electron chi connectivity index (χ4n) is 2.90. The molecule has 0 amide bonds. The number of hydrogen-bond donors (Lipinski definition) is 3. The number of thiophene rings is 1. The Balaban J connectivity index is 0.000000469. The van der Waals surface area contributed by atoms with Crippen LogP contribution in [0.3, 0.4) is 0 Å². The molecule has 1 fully saturated rings. The van der Waals surface area contributed by atoms with Gasteiger partial charge in [0.05, 0.1) is 19.3 Å². The van der Waals surface area contributed by atoms with Gasteiger partial charge in [0.15, 0.2) is 0 Å². The summed E-state index contributed by atoms with van der Waals surface area (Å²) in [7, 11) is 0. The Morgan fingerprint density at radius 1 is 1.10 bits per heavy atom. The molecule has 1 aromatic heterocycles. The Labute approximate surface area is 183 Å². The van der Waals surface area contributed by atoms with E-state index in [1.807, 2.05) is 35.7 Å². The Bertz CT molecular complexity index is 784. The number of carboxylic acid groups (broad SMARTS) is 2. The number of nitrogens with zero attached hydrogens (tertiary/aromatic N) is 2. The maximum Gasteiger partial charge on any atom is 0.414 e. The summed E-state index contributed by atoms with van der Waals surface area (Å²) in [5.74, 6) is -3.65. The predicted molar refractivity (Wildman–Crippen MR) is 115 cm³/mol. The number of aliphatic hydroxyl groups excluding tert-OH is 1. The van der Waals surface area contributed by atoms with Gasteiger partial charge in [-0.3, -0.25) is 4.90 Å². The van der Waals surface area contributed by atoms with Crippen molar-refractivity contribution in [2.24, 2.45) is 0 Å². The first-order valence-electron chi connectivity index (χ1n) is 9.32. The number of aliphatic hydroxyl groups is 1. The summed E-state index contributed by atoms with van der Waals surface area (Å²) in [5.41, 5.74) is 1.17. The number of aliphatic carboxylic acids is 2. The SMILES string of the molecule is O=C(O)C(=O)O.OC(COCc1cccs1)CN1CCN(c2cccc(Cl)c2)CC1. The highest BCUT2D eigenvalue weighted by atomic mass is 35.5. The van der Waals surface area contributed by atoms with Crippen molar-refractivity contribution < 1.29 is 29.6 Å². The van der Waals surface area contributed by atoms with E-state index in [0.717, 1.165) is 31.2 Å². The first-order chi connectivity index (χ1) is 14.3. The topological polar surface area (TPSA) is 111 Å². The molecular formula is C20H25ClN2O6S. The van der Waals surface area contributed by atoms with E-state index in [1.165, 1.54) is 10.6 Å². The van der Waals surface area contributed by atoms with Gasteiger partial charge >= 0.3 is 11.9 Å². The molecule has 1 unspecified atom stereocenters. The highest BCUT2D eigenvalue weighted by molar-refractivity contribution is 7.09. The van der Waals surface area contributed by atoms with Gasteiger partial charge in [0.1, 0.15) is 0 Å². The molecule has 0 aliphatic carbocycles. The van der Waals surface area contributed by atoms with E-state index >= 15 is 0 Å². The zero-order chi connectivity index (χ0) is 21.9. The number of halogens is 1. The van der Waals surface area contributed by atoms with Gasteiger partial charge in [-0.15, -0.1) is 11.3 Å². The standard InChI is InChI=1S/C18H23ClN2O2S.C2H2O4/c19-15-3-1-4-16(11-15)21-8-6-20(7-9-21)12-17(22)13-23-14-18-5-2-10-24-18;3-1(4)2(5)6/h1-5,10-11,17,22H,6-9,12-14H2;(H,3,4)(H,5,6). The quantitative estimate of drug-likeness (QED) is 0.544. The van der Waals surface area contributed by atoms with Gasteiger partial charge in [-0.05, 0) is 29.6 Å². The number of rotatable bonds is 7. The molecule has 1 aliphatic rings. The van der Waals surface area contributed by atoms with E-state index in [9.17, 15) is 5.11 Å². The van der Waals surface area contributed by atoms with Gasteiger partial charge in [0, 0.05) is 48.3 Å². The molecule has 30 heavy (non-hydrogen) atoms. The number of benzene rings is 1. The van der Waals surface area contributed by atoms with E-state index in [2.05, 4.69) is 15.9 Å². The van der Waals surface area contributed by atoms with Crippen LogP contribution >= 0.6 is 22.9 Å². The van der Waals surface area contributed by atoms with E-state index < -0.39 is 18.0 Å². The maximum absolute atomic E-state index is 10.2. The first-order valence-corrected chi connectivity index (χ1v) is 10.6. The average Bonchev–Trinajstić information content (AvgIpc) is 3.22. The van der Waals surface area contributed by atoms with Crippen LogP contribution in [0.2, 0.25) is 5.02 Å². The predicted octanol–water partition coefficient (Wildman–Crippen LogP) is 2.26. The minimum atomic E-state index is -1.82. The summed E-state index contributed by atoms with van der Waals surface area (Å²) in [5, 5.41) is 27.7. The highest BCUT2D eigenvalue weighted by Gasteiger charge is 2.19. The van der Waals surface area contributed by atoms with Gasteiger partial charge in [-0.25, -0.2) is 9.59 Å². The number of hydrogen-bond acceptors (Lipinski definition) is 7. The molecule has 0 spiro atoms. The van der Waals surface area contributed by atoms with Crippen molar-refractivity contribution in [1.82, 2.24) is 4.90 Å². The van der Waals surface area contributed by atoms with Crippen LogP contribution in [-0.2, 0) is 20.9 Å². The maximum atomic E-state index is 10.2. The molecule has 1 atom stereocenters. The van der Waals surface area contributed by atoms with Crippen molar-refractivity contribution in [2.75, 3.05) is 44.2 Å². The van der Waals surface area contributed by atoms with Gasteiger partial charge in [-0.1, -0.05) is 23.7 Å². The molecule has 10 heteroatoms. The lowest BCUT2D eigenvalue weighted by Gasteiger charge is -2.36. The molecule has 2 aromatic rings. The van der Waals surface area contributed by atoms with Crippen LogP contribution < -0.4 is 4.90 Å². The molecule has 3 rings (SSSR count). The number of piperazine rings is 1. The molecule has 2 heterocycles. The molecule has 1 aromatic carbocycles. The first kappa shape index (κ1) is 24.1. The van der Waals surface area contributed by atoms with Crippen molar-refractivity contribution >= 4 is 40.6 Å². The van der Waals surface area contributed by atoms with Crippen LogP contribution in [-0.4, -0.2) is 77.6 Å². The van der Waals surface area contributed by atoms with E-state index in [1.54, 1.807) is 11.3 Å². The number of ether oxygens (including phenoxy) is 1. The van der Waals surface area contributed by atoms with Crippen molar-refractivity contribution in [3.8, 4) is 0 Å². The zero-order valence-electron chi connectivity index (χ0n) is 16.3. The van der Waals surface area contributed by atoms with Gasteiger partial charge in [0.2, 0.25) is 0 Å². The fourth-order valence-corrected chi connectivity index (χ4v) is 3.73. The lowest BCUT2D eigenvalue weighted by molar-refractivity contribution is -0.159. The Hall–Kier alpha value is -2.17. The van der Waals surface area contributed by atoms with Gasteiger partial charge in [-0.2, -0.15) is 0 Å². The zero-order valence-corrected chi connectivity index (χ0v) is 17.9. The second kappa shape index (κ2) is 12.5. The highest BCUT2D eigenvalue weighted by Crippen LogP contribution is 2.20. The molecule has 0 saturated carbocycles. The van der Waals surface area contributed by atoms with Gasteiger partial charge in [0.25, 0.3) is 0 Å². The van der Waals surface area contributed by atoms with Crippen LogP contribution in [0.4, 0.5) is 5.69 Å². The lowest BCUT2D eigenvalue weighted by atomic mass is 10.2. The number of β-amino-alcohol motifs (C(OH)–C–C–N with tert-alkyl or cyclic N) is 1. The van der Waals surface area contributed by atoms with Crippen molar-refractivity contribution in [3.63, 3.8) is 0 Å². The number of carbonyl (C=O) groups is 2.